The van der Waals surface area contributed by atoms with Crippen molar-refractivity contribution in [1.29, 1.82) is 0 Å². The zero-order chi connectivity index (χ0) is 11.8. The van der Waals surface area contributed by atoms with E-state index in [-0.39, 0.29) is 0 Å². The van der Waals surface area contributed by atoms with Crippen molar-refractivity contribution in [2.24, 2.45) is 5.92 Å². The van der Waals surface area contributed by atoms with E-state index in [0.29, 0.717) is 0 Å². The number of rotatable bonds is 7. The molecule has 1 aliphatic carbocycles. The lowest BCUT2D eigenvalue weighted by Crippen LogP contribution is -2.39. The van der Waals surface area contributed by atoms with Crippen molar-refractivity contribution in [2.45, 2.75) is 78.2 Å². The SMILES string of the molecule is CCCCN(CCCC)C1CCC(C)CC1. The molecule has 0 heterocycles. The Kier molecular flexibility index (Phi) is 7.11. The molecule has 0 aromatic rings. The minimum atomic E-state index is 0.911. The molecule has 0 aromatic carbocycles. The fraction of sp³-hybridized carbons (Fsp3) is 1.00. The molecule has 0 atom stereocenters. The van der Waals surface area contributed by atoms with Crippen LogP contribution < -0.4 is 0 Å². The van der Waals surface area contributed by atoms with Crippen LogP contribution in [0.1, 0.15) is 72.1 Å². The van der Waals surface area contributed by atoms with Crippen LogP contribution in [0.4, 0.5) is 0 Å². The third kappa shape index (κ3) is 4.86. The molecule has 0 saturated heterocycles. The predicted molar refractivity (Wildman–Crippen MR) is 72.8 cm³/mol. The molecule has 1 aliphatic rings. The maximum atomic E-state index is 2.79. The van der Waals surface area contributed by atoms with Crippen LogP contribution in [0.25, 0.3) is 0 Å². The monoisotopic (exact) mass is 225 g/mol. The number of hydrogen-bond donors (Lipinski definition) is 0. The Morgan fingerprint density at radius 1 is 0.875 bits per heavy atom. The van der Waals surface area contributed by atoms with Gasteiger partial charge in [-0.3, -0.25) is 0 Å². The summed E-state index contributed by atoms with van der Waals surface area (Å²) in [7, 11) is 0. The van der Waals surface area contributed by atoms with E-state index in [1.165, 1.54) is 64.5 Å². The van der Waals surface area contributed by atoms with Crippen molar-refractivity contribution < 1.29 is 0 Å². The molecule has 0 unspecified atom stereocenters. The Bertz CT molecular complexity index is 151. The summed E-state index contributed by atoms with van der Waals surface area (Å²) in [5.41, 5.74) is 0. The van der Waals surface area contributed by atoms with E-state index < -0.39 is 0 Å². The van der Waals surface area contributed by atoms with Gasteiger partial charge in [-0.2, -0.15) is 0 Å². The van der Waals surface area contributed by atoms with Gasteiger partial charge >= 0.3 is 0 Å². The van der Waals surface area contributed by atoms with Crippen LogP contribution in [0, 0.1) is 5.92 Å². The Labute approximate surface area is 103 Å². The lowest BCUT2D eigenvalue weighted by Gasteiger charge is -2.36. The average molecular weight is 225 g/mol. The highest BCUT2D eigenvalue weighted by molar-refractivity contribution is 4.78. The molecule has 0 radical (unpaired) electrons. The van der Waals surface area contributed by atoms with Gasteiger partial charge in [0.15, 0.2) is 0 Å². The van der Waals surface area contributed by atoms with E-state index in [1.54, 1.807) is 0 Å². The summed E-state index contributed by atoms with van der Waals surface area (Å²) in [4.78, 5) is 2.79. The smallest absolute Gasteiger partial charge is 0.00954 e. The first kappa shape index (κ1) is 14.0. The number of nitrogens with zero attached hydrogens (tertiary/aromatic N) is 1. The van der Waals surface area contributed by atoms with Crippen molar-refractivity contribution in [2.75, 3.05) is 13.1 Å². The molecule has 0 N–H and O–H groups in total. The van der Waals surface area contributed by atoms with E-state index >= 15 is 0 Å². The Morgan fingerprint density at radius 3 is 1.81 bits per heavy atom. The Morgan fingerprint density at radius 2 is 1.38 bits per heavy atom. The minimum Gasteiger partial charge on any atom is -0.300 e. The summed E-state index contributed by atoms with van der Waals surface area (Å²) >= 11 is 0. The van der Waals surface area contributed by atoms with Gasteiger partial charge in [-0.05, 0) is 57.5 Å². The van der Waals surface area contributed by atoms with Crippen LogP contribution in [-0.2, 0) is 0 Å². The summed E-state index contributed by atoms with van der Waals surface area (Å²) in [6.07, 6.45) is 11.3. The number of unbranched alkanes of at least 4 members (excludes halogenated alkanes) is 2. The quantitative estimate of drug-likeness (QED) is 0.618. The van der Waals surface area contributed by atoms with Gasteiger partial charge in [-0.15, -0.1) is 0 Å². The maximum Gasteiger partial charge on any atom is 0.00954 e. The second-order valence-electron chi connectivity index (χ2n) is 5.66. The predicted octanol–water partition coefficient (Wildman–Crippen LogP) is 4.47. The van der Waals surface area contributed by atoms with Crippen LogP contribution in [0.3, 0.4) is 0 Å². The molecular weight excluding hydrogens is 194 g/mol. The molecule has 1 saturated carbocycles. The van der Waals surface area contributed by atoms with Gasteiger partial charge in [0.25, 0.3) is 0 Å². The van der Waals surface area contributed by atoms with Gasteiger partial charge in [-0.1, -0.05) is 33.6 Å². The van der Waals surface area contributed by atoms with Gasteiger partial charge in [0, 0.05) is 6.04 Å². The van der Waals surface area contributed by atoms with Crippen molar-refractivity contribution in [3.63, 3.8) is 0 Å². The van der Waals surface area contributed by atoms with E-state index in [0.717, 1.165) is 12.0 Å². The van der Waals surface area contributed by atoms with Gasteiger partial charge < -0.3 is 4.90 Å². The lowest BCUT2D eigenvalue weighted by atomic mass is 9.86. The van der Waals surface area contributed by atoms with Crippen molar-refractivity contribution >= 4 is 0 Å². The van der Waals surface area contributed by atoms with Gasteiger partial charge in [0.2, 0.25) is 0 Å². The third-order valence-electron chi connectivity index (χ3n) is 4.10. The maximum absolute atomic E-state index is 2.79. The van der Waals surface area contributed by atoms with Crippen molar-refractivity contribution in [1.82, 2.24) is 4.90 Å². The highest BCUT2D eigenvalue weighted by atomic mass is 15.1. The van der Waals surface area contributed by atoms with Gasteiger partial charge in [0.1, 0.15) is 0 Å². The molecule has 0 bridgehead atoms. The molecule has 1 rings (SSSR count). The Hall–Kier alpha value is -0.0400. The Balaban J connectivity index is 2.34. The molecule has 16 heavy (non-hydrogen) atoms. The molecular formula is C15H31N. The van der Waals surface area contributed by atoms with Crippen LogP contribution >= 0.6 is 0 Å². The highest BCUT2D eigenvalue weighted by Gasteiger charge is 2.22. The van der Waals surface area contributed by atoms with Crippen LogP contribution in [0.2, 0.25) is 0 Å². The zero-order valence-electron chi connectivity index (χ0n) is 11.7. The minimum absolute atomic E-state index is 0.911. The molecule has 1 fully saturated rings. The molecule has 0 aliphatic heterocycles. The topological polar surface area (TPSA) is 3.24 Å². The normalized spacial score (nSPS) is 26.2. The first-order valence-electron chi connectivity index (χ1n) is 7.52. The summed E-state index contributed by atoms with van der Waals surface area (Å²) < 4.78 is 0. The van der Waals surface area contributed by atoms with Crippen LogP contribution in [0.5, 0.6) is 0 Å². The summed E-state index contributed by atoms with van der Waals surface area (Å²) in [6.45, 7) is 9.71. The van der Waals surface area contributed by atoms with E-state index in [4.69, 9.17) is 0 Å². The molecule has 96 valence electrons. The van der Waals surface area contributed by atoms with E-state index in [9.17, 15) is 0 Å². The van der Waals surface area contributed by atoms with Crippen LogP contribution in [-0.4, -0.2) is 24.0 Å². The van der Waals surface area contributed by atoms with E-state index in [1.807, 2.05) is 0 Å². The molecule has 0 aromatic heterocycles. The summed E-state index contributed by atoms with van der Waals surface area (Å²) in [6, 6.07) is 0.911. The van der Waals surface area contributed by atoms with Gasteiger partial charge in [0.05, 0.1) is 0 Å². The fourth-order valence-corrected chi connectivity index (χ4v) is 2.81. The molecule has 1 nitrogen and oxygen atoms in total. The van der Waals surface area contributed by atoms with E-state index in [2.05, 4.69) is 25.7 Å². The first-order chi connectivity index (χ1) is 7.77. The standard InChI is InChI=1S/C15H31N/c1-4-6-12-16(13-7-5-2)15-10-8-14(3)9-11-15/h14-15H,4-13H2,1-3H3. The van der Waals surface area contributed by atoms with Crippen molar-refractivity contribution in [3.8, 4) is 0 Å². The van der Waals surface area contributed by atoms with Crippen molar-refractivity contribution in [3.05, 3.63) is 0 Å². The largest absolute Gasteiger partial charge is 0.300 e. The second kappa shape index (κ2) is 8.11. The highest BCUT2D eigenvalue weighted by Crippen LogP contribution is 2.27. The average Bonchev–Trinajstić information content (AvgIpc) is 2.31. The zero-order valence-corrected chi connectivity index (χ0v) is 11.7. The molecule has 1 heteroatoms. The fourth-order valence-electron chi connectivity index (χ4n) is 2.81. The third-order valence-corrected chi connectivity index (χ3v) is 4.10. The summed E-state index contributed by atoms with van der Waals surface area (Å²) in [5.74, 6) is 0.982. The first-order valence-corrected chi connectivity index (χ1v) is 7.52. The number of hydrogen-bond acceptors (Lipinski definition) is 1. The lowest BCUT2D eigenvalue weighted by molar-refractivity contribution is 0.136. The molecule has 0 amide bonds. The van der Waals surface area contributed by atoms with Gasteiger partial charge in [-0.25, -0.2) is 0 Å². The summed E-state index contributed by atoms with van der Waals surface area (Å²) in [5, 5.41) is 0. The second-order valence-corrected chi connectivity index (χ2v) is 5.66. The van der Waals surface area contributed by atoms with Crippen LogP contribution in [0.15, 0.2) is 0 Å². The molecule has 0 spiro atoms.